The summed E-state index contributed by atoms with van der Waals surface area (Å²) in [7, 11) is 0. The highest BCUT2D eigenvalue weighted by molar-refractivity contribution is 6.30. The smallest absolute Gasteiger partial charge is 0.407 e. The van der Waals surface area contributed by atoms with E-state index in [1.54, 1.807) is 32.9 Å². The van der Waals surface area contributed by atoms with Gasteiger partial charge in [-0.05, 0) is 38.5 Å². The SMILES string of the molecule is CC(C)(C)OC(=O)NCC(O)Cc1cccc(Cl)c1. The van der Waals surface area contributed by atoms with E-state index in [9.17, 15) is 9.90 Å². The molecule has 19 heavy (non-hydrogen) atoms. The van der Waals surface area contributed by atoms with Gasteiger partial charge in [-0.15, -0.1) is 0 Å². The number of hydrogen-bond acceptors (Lipinski definition) is 3. The maximum absolute atomic E-state index is 11.4. The van der Waals surface area contributed by atoms with Crippen LogP contribution < -0.4 is 5.32 Å². The Bertz CT molecular complexity index is 429. The number of aliphatic hydroxyl groups is 1. The van der Waals surface area contributed by atoms with Crippen molar-refractivity contribution < 1.29 is 14.6 Å². The van der Waals surface area contributed by atoms with Crippen LogP contribution in [0.5, 0.6) is 0 Å². The molecule has 0 fully saturated rings. The van der Waals surface area contributed by atoms with Gasteiger partial charge >= 0.3 is 6.09 Å². The Kier molecular flexibility index (Phi) is 5.63. The van der Waals surface area contributed by atoms with Crippen molar-refractivity contribution in [2.75, 3.05) is 6.54 Å². The van der Waals surface area contributed by atoms with Crippen LogP contribution in [0.3, 0.4) is 0 Å². The second kappa shape index (κ2) is 6.78. The molecule has 0 heterocycles. The molecule has 1 amide bonds. The van der Waals surface area contributed by atoms with Crippen LogP contribution in [0.2, 0.25) is 5.02 Å². The Balaban J connectivity index is 2.36. The van der Waals surface area contributed by atoms with Gasteiger partial charge in [-0.25, -0.2) is 4.79 Å². The molecule has 0 saturated carbocycles. The van der Waals surface area contributed by atoms with Gasteiger partial charge in [0.25, 0.3) is 0 Å². The third kappa shape index (κ3) is 7.03. The Morgan fingerprint density at radius 3 is 2.74 bits per heavy atom. The maximum Gasteiger partial charge on any atom is 0.407 e. The van der Waals surface area contributed by atoms with Crippen molar-refractivity contribution in [1.29, 1.82) is 0 Å². The predicted molar refractivity (Wildman–Crippen MR) is 75.4 cm³/mol. The van der Waals surface area contributed by atoms with Crippen LogP contribution in [0.25, 0.3) is 0 Å². The molecule has 1 unspecified atom stereocenters. The minimum atomic E-state index is -0.675. The zero-order valence-electron chi connectivity index (χ0n) is 11.4. The number of amides is 1. The number of benzene rings is 1. The number of carbonyl (C=O) groups is 1. The summed E-state index contributed by atoms with van der Waals surface area (Å²) in [6, 6.07) is 7.27. The molecule has 0 bridgehead atoms. The van der Waals surface area contributed by atoms with Gasteiger partial charge in [-0.1, -0.05) is 23.7 Å². The fourth-order valence-corrected chi connectivity index (χ4v) is 1.74. The highest BCUT2D eigenvalue weighted by Crippen LogP contribution is 2.12. The van der Waals surface area contributed by atoms with Gasteiger partial charge in [0, 0.05) is 18.0 Å². The van der Waals surface area contributed by atoms with Crippen molar-refractivity contribution in [3.63, 3.8) is 0 Å². The lowest BCUT2D eigenvalue weighted by Gasteiger charge is -2.20. The number of rotatable bonds is 4. The van der Waals surface area contributed by atoms with Crippen molar-refractivity contribution in [1.82, 2.24) is 5.32 Å². The number of ether oxygens (including phenoxy) is 1. The number of alkyl carbamates (subject to hydrolysis) is 1. The number of carbonyl (C=O) groups excluding carboxylic acids is 1. The first-order valence-corrected chi connectivity index (χ1v) is 6.53. The van der Waals surface area contributed by atoms with E-state index in [0.29, 0.717) is 11.4 Å². The third-order valence-electron chi connectivity index (χ3n) is 2.24. The van der Waals surface area contributed by atoms with Crippen LogP contribution in [0.15, 0.2) is 24.3 Å². The Morgan fingerprint density at radius 1 is 1.47 bits per heavy atom. The summed E-state index contributed by atoms with van der Waals surface area (Å²) in [5.41, 5.74) is 0.383. The van der Waals surface area contributed by atoms with E-state index in [4.69, 9.17) is 16.3 Å². The van der Waals surface area contributed by atoms with Crippen LogP contribution in [-0.4, -0.2) is 29.4 Å². The minimum Gasteiger partial charge on any atom is -0.444 e. The van der Waals surface area contributed by atoms with E-state index in [1.165, 1.54) is 0 Å². The highest BCUT2D eigenvalue weighted by atomic mass is 35.5. The number of nitrogens with one attached hydrogen (secondary N) is 1. The lowest BCUT2D eigenvalue weighted by Crippen LogP contribution is -2.37. The fourth-order valence-electron chi connectivity index (χ4n) is 1.52. The summed E-state index contributed by atoms with van der Waals surface area (Å²) in [6.07, 6.45) is -0.778. The van der Waals surface area contributed by atoms with E-state index in [0.717, 1.165) is 5.56 Å². The summed E-state index contributed by atoms with van der Waals surface area (Å²) in [5, 5.41) is 13.0. The summed E-state index contributed by atoms with van der Waals surface area (Å²) >= 11 is 5.86. The van der Waals surface area contributed by atoms with E-state index < -0.39 is 17.8 Å². The summed E-state index contributed by atoms with van der Waals surface area (Å²) < 4.78 is 5.08. The second-order valence-corrected chi connectivity index (χ2v) is 5.81. The molecule has 106 valence electrons. The van der Waals surface area contributed by atoms with Gasteiger partial charge in [0.15, 0.2) is 0 Å². The average Bonchev–Trinajstić information content (AvgIpc) is 2.24. The van der Waals surface area contributed by atoms with E-state index >= 15 is 0 Å². The van der Waals surface area contributed by atoms with E-state index in [2.05, 4.69) is 5.32 Å². The molecule has 4 nitrogen and oxygen atoms in total. The number of hydrogen-bond donors (Lipinski definition) is 2. The lowest BCUT2D eigenvalue weighted by molar-refractivity contribution is 0.0492. The number of aliphatic hydroxyl groups excluding tert-OH is 1. The Labute approximate surface area is 118 Å². The quantitative estimate of drug-likeness (QED) is 0.894. The van der Waals surface area contributed by atoms with Gasteiger partial charge in [-0.2, -0.15) is 0 Å². The minimum absolute atomic E-state index is 0.140. The van der Waals surface area contributed by atoms with Crippen LogP contribution in [-0.2, 0) is 11.2 Å². The normalized spacial score (nSPS) is 12.9. The molecule has 0 aliphatic carbocycles. The predicted octanol–water partition coefficient (Wildman–Crippen LogP) is 2.77. The molecule has 1 atom stereocenters. The van der Waals surface area contributed by atoms with E-state index in [-0.39, 0.29) is 6.54 Å². The molecule has 0 aliphatic rings. The molecule has 0 saturated heterocycles. The number of halogens is 1. The van der Waals surface area contributed by atoms with Crippen molar-refractivity contribution in [2.45, 2.75) is 38.9 Å². The first-order valence-electron chi connectivity index (χ1n) is 6.15. The molecule has 0 aliphatic heterocycles. The lowest BCUT2D eigenvalue weighted by atomic mass is 10.1. The molecule has 0 spiro atoms. The average molecular weight is 286 g/mol. The van der Waals surface area contributed by atoms with Gasteiger partial charge in [-0.3, -0.25) is 0 Å². The fraction of sp³-hybridized carbons (Fsp3) is 0.500. The maximum atomic E-state index is 11.4. The van der Waals surface area contributed by atoms with Gasteiger partial charge in [0.05, 0.1) is 6.10 Å². The summed E-state index contributed by atoms with van der Waals surface area (Å²) in [4.78, 5) is 11.4. The van der Waals surface area contributed by atoms with Crippen LogP contribution in [0, 0.1) is 0 Å². The van der Waals surface area contributed by atoms with Crippen molar-refractivity contribution in [2.24, 2.45) is 0 Å². The van der Waals surface area contributed by atoms with Gasteiger partial charge in [0.1, 0.15) is 5.60 Å². The third-order valence-corrected chi connectivity index (χ3v) is 2.48. The van der Waals surface area contributed by atoms with Crippen molar-refractivity contribution in [3.8, 4) is 0 Å². The molecule has 0 radical (unpaired) electrons. The Hall–Kier alpha value is -1.26. The monoisotopic (exact) mass is 285 g/mol. The second-order valence-electron chi connectivity index (χ2n) is 5.37. The molecule has 1 rings (SSSR count). The summed E-state index contributed by atoms with van der Waals surface area (Å²) in [5.74, 6) is 0. The molecule has 0 aromatic heterocycles. The molecule has 5 heteroatoms. The van der Waals surface area contributed by atoms with Crippen LogP contribution >= 0.6 is 11.6 Å². The Morgan fingerprint density at radius 2 is 2.16 bits per heavy atom. The first-order chi connectivity index (χ1) is 8.76. The molecular weight excluding hydrogens is 266 g/mol. The van der Waals surface area contributed by atoms with Crippen LogP contribution in [0.4, 0.5) is 4.79 Å². The highest BCUT2D eigenvalue weighted by Gasteiger charge is 2.16. The summed E-state index contributed by atoms with van der Waals surface area (Å²) in [6.45, 7) is 5.50. The van der Waals surface area contributed by atoms with Crippen LogP contribution in [0.1, 0.15) is 26.3 Å². The van der Waals surface area contributed by atoms with Crippen molar-refractivity contribution >= 4 is 17.7 Å². The topological polar surface area (TPSA) is 58.6 Å². The first kappa shape index (κ1) is 15.8. The van der Waals surface area contributed by atoms with Crippen molar-refractivity contribution in [3.05, 3.63) is 34.9 Å². The molecule has 2 N–H and O–H groups in total. The molecule has 1 aromatic rings. The van der Waals surface area contributed by atoms with Gasteiger partial charge < -0.3 is 15.2 Å². The molecular formula is C14H20ClNO3. The van der Waals surface area contributed by atoms with Gasteiger partial charge in [0.2, 0.25) is 0 Å². The largest absolute Gasteiger partial charge is 0.444 e. The standard InChI is InChI=1S/C14H20ClNO3/c1-14(2,3)19-13(18)16-9-12(17)8-10-5-4-6-11(15)7-10/h4-7,12,17H,8-9H2,1-3H3,(H,16,18). The molecule has 1 aromatic carbocycles. The van der Waals surface area contributed by atoms with E-state index in [1.807, 2.05) is 12.1 Å². The zero-order valence-corrected chi connectivity index (χ0v) is 12.2. The zero-order chi connectivity index (χ0) is 14.5.